The first-order chi connectivity index (χ1) is 17.8. The van der Waals surface area contributed by atoms with Crippen molar-refractivity contribution >= 4 is 11.8 Å². The Hall–Kier alpha value is -2.15. The van der Waals surface area contributed by atoms with Crippen molar-refractivity contribution in [1.82, 2.24) is 15.2 Å². The molecule has 7 heteroatoms. The molecule has 1 saturated heterocycles. The van der Waals surface area contributed by atoms with Gasteiger partial charge in [0.05, 0.1) is 11.0 Å². The number of carbonyl (C=O) groups excluding carboxylic acids is 2. The van der Waals surface area contributed by atoms with Crippen molar-refractivity contribution in [3.05, 3.63) is 33.2 Å². The summed E-state index contributed by atoms with van der Waals surface area (Å²) < 4.78 is 0. The Morgan fingerprint density at radius 3 is 2.57 bits per heavy atom. The number of piperidine rings is 1. The van der Waals surface area contributed by atoms with Gasteiger partial charge in [0.15, 0.2) is 0 Å². The van der Waals surface area contributed by atoms with Crippen LogP contribution in [0.1, 0.15) is 98.7 Å². The summed E-state index contributed by atoms with van der Waals surface area (Å²) in [4.78, 5) is 44.6. The summed E-state index contributed by atoms with van der Waals surface area (Å²) in [5.41, 5.74) is 1.17. The number of amides is 2. The Morgan fingerprint density at radius 2 is 1.78 bits per heavy atom. The Bertz CT molecular complexity index is 1160. The fourth-order valence-corrected chi connectivity index (χ4v) is 9.84. The van der Waals surface area contributed by atoms with Crippen LogP contribution in [0.25, 0.3) is 0 Å². The van der Waals surface area contributed by atoms with Gasteiger partial charge in [-0.15, -0.1) is 0 Å². The fraction of sp³-hybridized carbons (Fsp3) is 0.767. The van der Waals surface area contributed by atoms with Crippen LogP contribution in [-0.4, -0.2) is 51.5 Å². The second-order valence-electron chi connectivity index (χ2n) is 13.7. The molecule has 1 aromatic rings. The zero-order valence-corrected chi connectivity index (χ0v) is 21.9. The lowest BCUT2D eigenvalue weighted by Gasteiger charge is -2.60. The molecule has 5 atom stereocenters. The second kappa shape index (κ2) is 8.69. The summed E-state index contributed by atoms with van der Waals surface area (Å²) >= 11 is 0. The number of nitrogens with zero attached hydrogens (tertiary/aromatic N) is 1. The topological polar surface area (TPSA) is 102 Å². The van der Waals surface area contributed by atoms with E-state index in [4.69, 9.17) is 0 Å². The smallest absolute Gasteiger partial charge is 0.261 e. The lowest BCUT2D eigenvalue weighted by Crippen LogP contribution is -2.62. The molecular formula is C30H41N3O4. The van der Waals surface area contributed by atoms with Gasteiger partial charge in [-0.2, -0.15) is 0 Å². The SMILES string of the molecule is O=C(NC1CCC2CN(C(=O)C34CC5CC(CC(O)(C5)C3)C4)CCC2C1)c1cc2c([nH]c1=O)CCCC2. The van der Waals surface area contributed by atoms with Crippen LogP contribution in [0.15, 0.2) is 10.9 Å². The molecule has 5 saturated carbocycles. The molecule has 2 heterocycles. The highest BCUT2D eigenvalue weighted by Crippen LogP contribution is 2.62. The number of aliphatic hydroxyl groups is 1. The number of aromatic nitrogens is 1. The number of nitrogens with one attached hydrogen (secondary N) is 2. The van der Waals surface area contributed by atoms with Gasteiger partial charge in [0.2, 0.25) is 5.91 Å². The third-order valence-electron chi connectivity index (χ3n) is 11.1. The molecule has 2 amide bonds. The number of aryl methyl sites for hydroxylation is 2. The molecule has 1 aliphatic heterocycles. The quantitative estimate of drug-likeness (QED) is 0.584. The zero-order valence-electron chi connectivity index (χ0n) is 21.9. The molecule has 6 aliphatic carbocycles. The summed E-state index contributed by atoms with van der Waals surface area (Å²) in [6, 6.07) is 1.91. The van der Waals surface area contributed by atoms with Gasteiger partial charge in [-0.1, -0.05) is 0 Å². The van der Waals surface area contributed by atoms with E-state index < -0.39 is 5.60 Å². The van der Waals surface area contributed by atoms with E-state index in [0.717, 1.165) is 101 Å². The highest BCUT2D eigenvalue weighted by Gasteiger charge is 2.61. The molecule has 3 N–H and O–H groups in total. The number of H-pyrrole nitrogens is 1. The van der Waals surface area contributed by atoms with Crippen molar-refractivity contribution in [2.45, 2.75) is 102 Å². The normalized spacial score (nSPS) is 40.1. The van der Waals surface area contributed by atoms with Gasteiger partial charge >= 0.3 is 0 Å². The van der Waals surface area contributed by atoms with Crippen LogP contribution in [-0.2, 0) is 17.6 Å². The summed E-state index contributed by atoms with van der Waals surface area (Å²) in [7, 11) is 0. The maximum Gasteiger partial charge on any atom is 0.261 e. The van der Waals surface area contributed by atoms with E-state index in [9.17, 15) is 19.5 Å². The molecule has 0 spiro atoms. The largest absolute Gasteiger partial charge is 0.390 e. The first-order valence-electron chi connectivity index (χ1n) is 14.9. The first-order valence-corrected chi connectivity index (χ1v) is 14.9. The fourth-order valence-electron chi connectivity index (χ4n) is 9.84. The molecule has 0 radical (unpaired) electrons. The van der Waals surface area contributed by atoms with Crippen molar-refractivity contribution in [1.29, 1.82) is 0 Å². The van der Waals surface area contributed by atoms with E-state index >= 15 is 0 Å². The number of fused-ring (bicyclic) bond motifs is 2. The van der Waals surface area contributed by atoms with E-state index in [2.05, 4.69) is 15.2 Å². The van der Waals surface area contributed by atoms with Gasteiger partial charge in [0.25, 0.3) is 11.5 Å². The van der Waals surface area contributed by atoms with E-state index in [1.165, 1.54) is 6.42 Å². The van der Waals surface area contributed by atoms with Crippen molar-refractivity contribution < 1.29 is 14.7 Å². The predicted molar refractivity (Wildman–Crippen MR) is 139 cm³/mol. The van der Waals surface area contributed by atoms with Gasteiger partial charge in [0, 0.05) is 24.8 Å². The molecule has 200 valence electrons. The molecule has 0 aromatic carbocycles. The van der Waals surface area contributed by atoms with E-state index in [1.54, 1.807) is 0 Å². The molecule has 4 bridgehead atoms. The number of hydrogen-bond acceptors (Lipinski definition) is 4. The monoisotopic (exact) mass is 507 g/mol. The van der Waals surface area contributed by atoms with Crippen LogP contribution in [0.5, 0.6) is 0 Å². The van der Waals surface area contributed by atoms with Crippen LogP contribution in [0, 0.1) is 29.1 Å². The lowest BCUT2D eigenvalue weighted by molar-refractivity contribution is -0.187. The standard InChI is InChI=1S/C30H41N3O4/c34-26(24-11-21-3-1-2-4-25(21)32-27(24)35)31-23-6-5-22-16-33(8-7-20(22)10-23)28(36)29-12-18-9-19(13-29)15-30(37,14-18)17-29/h11,18-20,22-23,37H,1-10,12-17H2,(H,31,34)(H,32,35). The van der Waals surface area contributed by atoms with Crippen molar-refractivity contribution in [3.8, 4) is 0 Å². The van der Waals surface area contributed by atoms with Gasteiger partial charge in [-0.3, -0.25) is 14.4 Å². The van der Waals surface area contributed by atoms with Crippen LogP contribution >= 0.6 is 0 Å². The Balaban J connectivity index is 0.980. The van der Waals surface area contributed by atoms with E-state index in [0.29, 0.717) is 36.0 Å². The van der Waals surface area contributed by atoms with E-state index in [-0.39, 0.29) is 28.5 Å². The number of pyridine rings is 1. The minimum Gasteiger partial charge on any atom is -0.390 e. The first kappa shape index (κ1) is 23.9. The average molecular weight is 508 g/mol. The Morgan fingerprint density at radius 1 is 1.00 bits per heavy atom. The second-order valence-corrected chi connectivity index (χ2v) is 13.7. The molecule has 37 heavy (non-hydrogen) atoms. The summed E-state index contributed by atoms with van der Waals surface area (Å²) in [6.45, 7) is 1.62. The summed E-state index contributed by atoms with van der Waals surface area (Å²) in [5, 5.41) is 14.3. The molecule has 5 unspecified atom stereocenters. The lowest BCUT2D eigenvalue weighted by atomic mass is 9.47. The minimum absolute atomic E-state index is 0.0869. The number of aromatic amines is 1. The number of likely N-dealkylation sites (tertiary alicyclic amines) is 1. The zero-order chi connectivity index (χ0) is 25.4. The van der Waals surface area contributed by atoms with Crippen LogP contribution in [0.4, 0.5) is 0 Å². The van der Waals surface area contributed by atoms with Crippen molar-refractivity contribution in [2.75, 3.05) is 13.1 Å². The number of carbonyl (C=O) groups is 2. The summed E-state index contributed by atoms with van der Waals surface area (Å²) in [6.07, 6.45) is 13.4. The van der Waals surface area contributed by atoms with Crippen LogP contribution in [0.3, 0.4) is 0 Å². The minimum atomic E-state index is -0.603. The molecule has 8 rings (SSSR count). The molecule has 1 aromatic heterocycles. The number of rotatable bonds is 3. The van der Waals surface area contributed by atoms with Crippen LogP contribution < -0.4 is 10.9 Å². The van der Waals surface area contributed by atoms with Crippen LogP contribution in [0.2, 0.25) is 0 Å². The van der Waals surface area contributed by atoms with Crippen molar-refractivity contribution in [2.24, 2.45) is 29.1 Å². The van der Waals surface area contributed by atoms with Gasteiger partial charge in [-0.05, 0) is 125 Å². The predicted octanol–water partition coefficient (Wildman–Crippen LogP) is 3.33. The third kappa shape index (κ3) is 4.16. The summed E-state index contributed by atoms with van der Waals surface area (Å²) in [5.74, 6) is 2.11. The van der Waals surface area contributed by atoms with Gasteiger partial charge in [-0.25, -0.2) is 0 Å². The molecular weight excluding hydrogens is 466 g/mol. The Kier molecular flexibility index (Phi) is 5.62. The molecule has 7 aliphatic rings. The maximum absolute atomic E-state index is 13.9. The Labute approximate surface area is 218 Å². The van der Waals surface area contributed by atoms with Crippen molar-refractivity contribution in [3.63, 3.8) is 0 Å². The van der Waals surface area contributed by atoms with Gasteiger partial charge < -0.3 is 20.3 Å². The third-order valence-corrected chi connectivity index (χ3v) is 11.1. The molecule has 6 fully saturated rings. The average Bonchev–Trinajstić information content (AvgIpc) is 2.86. The van der Waals surface area contributed by atoms with Gasteiger partial charge in [0.1, 0.15) is 5.56 Å². The maximum atomic E-state index is 13.9. The number of hydrogen-bond donors (Lipinski definition) is 3. The highest BCUT2D eigenvalue weighted by atomic mass is 16.3. The highest BCUT2D eigenvalue weighted by molar-refractivity contribution is 5.94. The van der Waals surface area contributed by atoms with E-state index in [1.807, 2.05) is 6.07 Å². The molecule has 7 nitrogen and oxygen atoms in total.